The number of nitrogens with one attached hydrogen (secondary N) is 6. The molecular formula is C54H39F9N18O3. The summed E-state index contributed by atoms with van der Waals surface area (Å²) in [5.41, 5.74) is 16.2. The summed E-state index contributed by atoms with van der Waals surface area (Å²) in [5.74, 6) is -2.16. The molecule has 84 heavy (non-hydrogen) atoms. The van der Waals surface area contributed by atoms with Crippen LogP contribution in [0, 0.1) is 69.5 Å². The normalized spacial score (nSPS) is 18.6. The summed E-state index contributed by atoms with van der Waals surface area (Å²) in [6.45, 7) is 0. The van der Waals surface area contributed by atoms with E-state index in [0.717, 1.165) is 18.6 Å². The molecule has 6 heterocycles. The zero-order valence-electron chi connectivity index (χ0n) is 42.6. The van der Waals surface area contributed by atoms with Crippen LogP contribution in [-0.2, 0) is 32.9 Å². The molecule has 0 bridgehead atoms. The molecule has 0 saturated heterocycles. The lowest BCUT2D eigenvalue weighted by Gasteiger charge is -2.11. The van der Waals surface area contributed by atoms with Crippen LogP contribution >= 0.6 is 0 Å². The highest BCUT2D eigenvalue weighted by Gasteiger charge is 2.45. The molecular weight excluding hydrogens is 1120 g/mol. The van der Waals surface area contributed by atoms with Crippen LogP contribution in [0.15, 0.2) is 91.8 Å². The van der Waals surface area contributed by atoms with Crippen LogP contribution in [-0.4, -0.2) is 63.3 Å². The van der Waals surface area contributed by atoms with Gasteiger partial charge in [0, 0.05) is 68.5 Å². The highest BCUT2D eigenvalue weighted by Crippen LogP contribution is 2.44. The van der Waals surface area contributed by atoms with Gasteiger partial charge in [-0.25, -0.2) is 15.0 Å². The zero-order valence-corrected chi connectivity index (χ0v) is 42.6. The van der Waals surface area contributed by atoms with Crippen LogP contribution in [0.3, 0.4) is 0 Å². The number of aromatic amines is 3. The molecule has 3 aliphatic rings. The highest BCUT2D eigenvalue weighted by molar-refractivity contribution is 6.03. The number of pyridine rings is 3. The van der Waals surface area contributed by atoms with Crippen molar-refractivity contribution < 1.29 is 53.9 Å². The van der Waals surface area contributed by atoms with E-state index >= 15 is 0 Å². The Morgan fingerprint density at radius 1 is 0.440 bits per heavy atom. The van der Waals surface area contributed by atoms with Gasteiger partial charge in [-0.1, -0.05) is 0 Å². The maximum Gasteiger partial charge on any atom is 0.433 e. The third-order valence-corrected chi connectivity index (χ3v) is 13.9. The van der Waals surface area contributed by atoms with Gasteiger partial charge in [-0.2, -0.15) is 70.6 Å². The molecule has 6 aromatic heterocycles. The van der Waals surface area contributed by atoms with Crippen molar-refractivity contribution in [2.24, 2.45) is 35.5 Å². The third-order valence-electron chi connectivity index (χ3n) is 13.9. The fraction of sp³-hybridized carbons (Fsp3) is 0.222. The number of nitrogens with zero attached hydrogens (tertiary/aromatic N) is 9. The number of carbonyl (C=O) groups excluding carboxylic acids is 3. The van der Waals surface area contributed by atoms with E-state index in [0.29, 0.717) is 51.6 Å². The predicted molar refractivity (Wildman–Crippen MR) is 284 cm³/mol. The zero-order chi connectivity index (χ0) is 60.2. The number of anilines is 6. The van der Waals surface area contributed by atoms with Gasteiger partial charge in [0.25, 0.3) is 0 Å². The number of halogens is 9. The molecule has 3 amide bonds. The molecule has 3 aromatic carbocycles. The van der Waals surface area contributed by atoms with Crippen LogP contribution in [0.25, 0.3) is 65.7 Å². The minimum absolute atomic E-state index is 0.127. The van der Waals surface area contributed by atoms with E-state index in [1.54, 1.807) is 0 Å². The van der Waals surface area contributed by atoms with E-state index < -0.39 is 35.6 Å². The summed E-state index contributed by atoms with van der Waals surface area (Å²) in [6, 6.07) is 19.5. The van der Waals surface area contributed by atoms with Crippen molar-refractivity contribution >= 4 is 84.6 Å². The Morgan fingerprint density at radius 2 is 0.702 bits per heavy atom. The van der Waals surface area contributed by atoms with E-state index in [2.05, 4.69) is 46.2 Å². The Labute approximate surface area is 465 Å². The first-order chi connectivity index (χ1) is 39.8. The number of carbonyl (C=O) groups is 3. The smallest absolute Gasteiger partial charge is 0.398 e. The lowest BCUT2D eigenvalue weighted by molar-refractivity contribution is -0.141. The Hall–Kier alpha value is -10.8. The molecule has 3 aliphatic carbocycles. The predicted octanol–water partition coefficient (Wildman–Crippen LogP) is 9.97. The fourth-order valence-corrected chi connectivity index (χ4v) is 9.23. The number of nitrogen functional groups attached to an aromatic ring is 3. The van der Waals surface area contributed by atoms with Gasteiger partial charge in [-0.05, 0) is 107 Å². The van der Waals surface area contributed by atoms with Crippen LogP contribution < -0.4 is 33.2 Å². The van der Waals surface area contributed by atoms with Crippen molar-refractivity contribution in [3.05, 3.63) is 109 Å². The molecule has 2 unspecified atom stereocenters. The molecule has 12 rings (SSSR count). The van der Waals surface area contributed by atoms with Gasteiger partial charge in [0.05, 0.1) is 72.3 Å². The number of amides is 3. The molecule has 30 heteroatoms. The first-order valence-electron chi connectivity index (χ1n) is 24.9. The largest absolute Gasteiger partial charge is 0.433 e. The average molecular weight is 1160 g/mol. The Balaban J connectivity index is 0.000000140. The first kappa shape index (κ1) is 56.4. The second-order valence-corrected chi connectivity index (χ2v) is 19.7. The number of H-pyrrole nitrogens is 3. The van der Waals surface area contributed by atoms with Gasteiger partial charge < -0.3 is 33.2 Å². The van der Waals surface area contributed by atoms with Crippen molar-refractivity contribution in [3.8, 4) is 51.6 Å². The van der Waals surface area contributed by atoms with Gasteiger partial charge in [-0.15, -0.1) is 0 Å². The van der Waals surface area contributed by atoms with Gasteiger partial charge >= 0.3 is 18.5 Å². The maximum absolute atomic E-state index is 13.1. The molecule has 3 fully saturated rings. The molecule has 9 aromatic rings. The van der Waals surface area contributed by atoms with Crippen molar-refractivity contribution in [1.29, 1.82) is 15.8 Å². The van der Waals surface area contributed by atoms with Crippen molar-refractivity contribution in [2.75, 3.05) is 33.2 Å². The molecule has 21 nitrogen and oxygen atoms in total. The number of nitrogens with two attached hydrogens (primary N) is 3. The monoisotopic (exact) mass is 1160 g/mol. The Morgan fingerprint density at radius 3 is 0.929 bits per heavy atom. The summed E-state index contributed by atoms with van der Waals surface area (Å²) in [6.07, 6.45) is -4.66. The number of rotatable bonds is 9. The lowest BCUT2D eigenvalue weighted by atomic mass is 10.0. The summed E-state index contributed by atoms with van der Waals surface area (Å²) >= 11 is 0. The molecule has 6 atom stereocenters. The molecule has 426 valence electrons. The number of hydrogen-bond acceptors (Lipinski definition) is 15. The number of nitriles is 3. The summed E-state index contributed by atoms with van der Waals surface area (Å²) in [7, 11) is 0. The standard InChI is InChI=1S/3C18H13F3N6O/c3*19-18(20,21)16-13(7-25-27-16)8-1-9-4-15(24-6-12(9)14(23)3-8)26-17(28)11-2-10(11)5-22/h3*1,3-4,6-7,10-11H,2,23H2,(H,25,27)(H,24,26,28)/t2*10-,11+;/m10./s1. The molecule has 0 aliphatic heterocycles. The summed E-state index contributed by atoms with van der Waals surface area (Å²) < 4.78 is 118. The highest BCUT2D eigenvalue weighted by atomic mass is 19.4. The van der Waals surface area contributed by atoms with Gasteiger partial charge in [0.2, 0.25) is 17.7 Å². The van der Waals surface area contributed by atoms with Gasteiger partial charge in [0.15, 0.2) is 0 Å². The number of aromatic nitrogens is 9. The van der Waals surface area contributed by atoms with Gasteiger partial charge in [-0.3, -0.25) is 29.7 Å². The third kappa shape index (κ3) is 11.8. The number of alkyl halides is 9. The summed E-state index contributed by atoms with van der Waals surface area (Å²) in [5, 5.41) is 53.9. The number of fused-ring (bicyclic) bond motifs is 3. The average Bonchev–Trinajstić information content (AvgIpc) is 3.02. The SMILES string of the molecule is N#CC1CC1C(=O)Nc1cc2cc(-c3cn[nH]c3C(F)(F)F)cc(N)c2cn1.N#C[C@@H]1C[C@H]1C(=O)Nc1cc2cc(-c3cn[nH]c3C(F)(F)F)cc(N)c2cn1.N#C[C@H]1C[C@@H]1C(=O)Nc1cc2cc(-c3cn[nH]c3C(F)(F)F)cc(N)c2cn1. The summed E-state index contributed by atoms with van der Waals surface area (Å²) in [4.78, 5) is 48.6. The maximum atomic E-state index is 13.1. The molecule has 0 radical (unpaired) electrons. The molecule has 0 spiro atoms. The van der Waals surface area contributed by atoms with Gasteiger partial charge in [0.1, 0.15) is 34.5 Å². The number of benzene rings is 3. The Kier molecular flexibility index (Phi) is 14.5. The van der Waals surface area contributed by atoms with E-state index in [9.17, 15) is 53.9 Å². The van der Waals surface area contributed by atoms with Crippen LogP contribution in [0.2, 0.25) is 0 Å². The van der Waals surface area contributed by atoms with E-state index in [1.165, 1.54) is 73.2 Å². The van der Waals surface area contributed by atoms with Crippen molar-refractivity contribution in [3.63, 3.8) is 0 Å². The van der Waals surface area contributed by atoms with Crippen LogP contribution in [0.4, 0.5) is 74.0 Å². The van der Waals surface area contributed by atoms with Crippen LogP contribution in [0.5, 0.6) is 0 Å². The first-order valence-corrected chi connectivity index (χ1v) is 24.9. The quantitative estimate of drug-likeness (QED) is 0.0479. The van der Waals surface area contributed by atoms with Crippen LogP contribution in [0.1, 0.15) is 36.3 Å². The minimum atomic E-state index is -4.59. The van der Waals surface area contributed by atoms with Crippen molar-refractivity contribution in [1.82, 2.24) is 45.5 Å². The molecule has 3 saturated carbocycles. The Bertz CT molecular complexity index is 3820. The second-order valence-electron chi connectivity index (χ2n) is 19.7. The fourth-order valence-electron chi connectivity index (χ4n) is 9.23. The second kappa shape index (κ2) is 21.6. The minimum Gasteiger partial charge on any atom is -0.398 e. The molecule has 12 N–H and O–H groups in total. The number of hydrogen-bond donors (Lipinski definition) is 9. The van der Waals surface area contributed by atoms with E-state index in [1.807, 2.05) is 33.5 Å². The van der Waals surface area contributed by atoms with E-state index in [-0.39, 0.29) is 121 Å². The topological polar surface area (TPSA) is 361 Å². The lowest BCUT2D eigenvalue weighted by Crippen LogP contribution is -2.15. The van der Waals surface area contributed by atoms with Crippen molar-refractivity contribution in [2.45, 2.75) is 37.8 Å². The van der Waals surface area contributed by atoms with E-state index in [4.69, 9.17) is 33.0 Å².